The van der Waals surface area contributed by atoms with Crippen LogP contribution in [-0.4, -0.2) is 47.6 Å². The molecule has 4 bridgehead atoms. The average molecular weight is 917 g/mol. The van der Waals surface area contributed by atoms with Gasteiger partial charge in [0.15, 0.2) is 10.8 Å². The molecule has 0 heterocycles. The highest BCUT2D eigenvalue weighted by atomic mass is 19.4. The number of carbonyl (C=O) groups is 1. The molecule has 0 radical (unpaired) electrons. The van der Waals surface area contributed by atoms with E-state index in [1.807, 2.05) is 27.7 Å². The molecule has 18 heteroatoms. The SMILES string of the molecule is CCC(C)(C(=O)OC1(C)C2CC3CC(C2)CC1C3)C(F)(F)F.CCC(C)c1ccc(C(C)(C(F)(F)F)C(F)(F)F)cc1.CCC(C)c1ccc(C(O)(C(F)(F)F)C(F)(F)F)cc1. The molecule has 4 saturated carbocycles. The molecule has 2 aromatic carbocycles. The van der Waals surface area contributed by atoms with Crippen molar-refractivity contribution in [3.8, 4) is 0 Å². The standard InChI is InChI=1S/C17H25F3O2.C14H16F6.C13H14F6O/c1-4-15(2,17(18,19)20)14(21)22-16(3)12-6-10-5-11(8-12)9-13(16)7-10;1-4-9(2)10-5-7-11(8-6-10)12(3,13(15,16)17)14(18,19)20;1-3-8(2)9-4-6-10(7-5-9)11(20,12(14,15)16)13(17,18)19/h10-13H,4-9H2,1-3H3;5-9H,4H2,1-3H3;4-8,20H,3H2,1-2H3. The van der Waals surface area contributed by atoms with Crippen LogP contribution in [0.2, 0.25) is 0 Å². The third-order valence-electron chi connectivity index (χ3n) is 14.0. The Labute approximate surface area is 352 Å². The van der Waals surface area contributed by atoms with Crippen LogP contribution in [0.25, 0.3) is 0 Å². The third kappa shape index (κ3) is 10.2. The minimum Gasteiger partial charge on any atom is -0.458 e. The van der Waals surface area contributed by atoms with Gasteiger partial charge in [-0.1, -0.05) is 83.1 Å². The first-order valence-electron chi connectivity index (χ1n) is 20.5. The first-order valence-corrected chi connectivity index (χ1v) is 20.5. The molecule has 0 aliphatic heterocycles. The maximum absolute atomic E-state index is 13.3. The third-order valence-corrected chi connectivity index (χ3v) is 14.0. The summed E-state index contributed by atoms with van der Waals surface area (Å²) in [6, 6.07) is 8.19. The Balaban J connectivity index is 0.000000248. The Morgan fingerprint density at radius 2 is 0.935 bits per heavy atom. The van der Waals surface area contributed by atoms with Gasteiger partial charge in [-0.15, -0.1) is 0 Å². The zero-order chi connectivity index (χ0) is 47.9. The van der Waals surface area contributed by atoms with Gasteiger partial charge < -0.3 is 9.84 Å². The lowest BCUT2D eigenvalue weighted by Crippen LogP contribution is -2.59. The molecule has 4 fully saturated rings. The highest BCUT2D eigenvalue weighted by Gasteiger charge is 2.72. The highest BCUT2D eigenvalue weighted by molar-refractivity contribution is 5.78. The van der Waals surface area contributed by atoms with Crippen LogP contribution in [0.3, 0.4) is 0 Å². The molecular formula is C44H55F15O3. The van der Waals surface area contributed by atoms with E-state index in [0.29, 0.717) is 36.0 Å². The maximum Gasteiger partial charge on any atom is 0.430 e. The zero-order valence-corrected chi connectivity index (χ0v) is 35.7. The summed E-state index contributed by atoms with van der Waals surface area (Å²) < 4.78 is 199. The molecule has 0 amide bonds. The van der Waals surface area contributed by atoms with Crippen molar-refractivity contribution in [2.24, 2.45) is 29.1 Å². The van der Waals surface area contributed by atoms with Gasteiger partial charge in [0.25, 0.3) is 5.60 Å². The minimum absolute atomic E-state index is 0.00826. The lowest BCUT2D eigenvalue weighted by Gasteiger charge is -2.59. The molecule has 2 aromatic rings. The second-order valence-corrected chi connectivity index (χ2v) is 17.8. The summed E-state index contributed by atoms with van der Waals surface area (Å²) in [7, 11) is 0. The molecule has 4 aliphatic rings. The molecule has 3 atom stereocenters. The van der Waals surface area contributed by atoms with Crippen LogP contribution in [0, 0.1) is 29.1 Å². The van der Waals surface area contributed by atoms with E-state index in [1.165, 1.54) is 37.6 Å². The Morgan fingerprint density at radius 3 is 1.21 bits per heavy atom. The molecule has 6 rings (SSSR count). The van der Waals surface area contributed by atoms with Crippen molar-refractivity contribution in [3.63, 3.8) is 0 Å². The smallest absolute Gasteiger partial charge is 0.430 e. The van der Waals surface area contributed by atoms with Crippen molar-refractivity contribution in [2.75, 3.05) is 0 Å². The highest BCUT2D eigenvalue weighted by Crippen LogP contribution is 2.60. The second kappa shape index (κ2) is 18.4. The predicted molar refractivity (Wildman–Crippen MR) is 202 cm³/mol. The summed E-state index contributed by atoms with van der Waals surface area (Å²) in [5.74, 6) is 0.867. The van der Waals surface area contributed by atoms with Crippen LogP contribution in [0.4, 0.5) is 65.9 Å². The van der Waals surface area contributed by atoms with Crippen LogP contribution in [-0.2, 0) is 20.5 Å². The molecule has 3 unspecified atom stereocenters. The number of carbonyl (C=O) groups excluding carboxylic acids is 1. The van der Waals surface area contributed by atoms with Crippen molar-refractivity contribution in [3.05, 3.63) is 70.8 Å². The number of esters is 1. The van der Waals surface area contributed by atoms with E-state index in [0.717, 1.165) is 56.7 Å². The predicted octanol–water partition coefficient (Wildman–Crippen LogP) is 14.8. The van der Waals surface area contributed by atoms with E-state index in [2.05, 4.69) is 0 Å². The van der Waals surface area contributed by atoms with E-state index in [4.69, 9.17) is 4.74 Å². The Morgan fingerprint density at radius 1 is 0.597 bits per heavy atom. The van der Waals surface area contributed by atoms with Crippen LogP contribution >= 0.6 is 0 Å². The second-order valence-electron chi connectivity index (χ2n) is 17.8. The van der Waals surface area contributed by atoms with Gasteiger partial charge in [0.1, 0.15) is 5.60 Å². The number of hydrogen-bond donors (Lipinski definition) is 1. The van der Waals surface area contributed by atoms with Gasteiger partial charge in [-0.3, -0.25) is 4.79 Å². The fourth-order valence-corrected chi connectivity index (χ4v) is 8.70. The van der Waals surface area contributed by atoms with Gasteiger partial charge in [0.2, 0.25) is 0 Å². The fraction of sp³-hybridized carbons (Fsp3) is 0.705. The number of rotatable bonds is 9. The van der Waals surface area contributed by atoms with E-state index >= 15 is 0 Å². The molecule has 0 aromatic heterocycles. The normalized spacial score (nSPS) is 25.1. The summed E-state index contributed by atoms with van der Waals surface area (Å²) in [4.78, 5) is 12.4. The Hall–Kier alpha value is -3.18. The van der Waals surface area contributed by atoms with Crippen molar-refractivity contribution in [1.29, 1.82) is 0 Å². The number of aliphatic hydroxyl groups is 1. The first kappa shape index (κ1) is 53.2. The number of alkyl halides is 15. The van der Waals surface area contributed by atoms with Crippen LogP contribution < -0.4 is 0 Å². The van der Waals surface area contributed by atoms with Crippen LogP contribution in [0.15, 0.2) is 48.5 Å². The zero-order valence-electron chi connectivity index (χ0n) is 35.7. The summed E-state index contributed by atoms with van der Waals surface area (Å²) in [6.07, 6.45) is -20.6. The molecule has 4 aliphatic carbocycles. The van der Waals surface area contributed by atoms with E-state index in [9.17, 15) is 75.8 Å². The summed E-state index contributed by atoms with van der Waals surface area (Å²) >= 11 is 0. The summed E-state index contributed by atoms with van der Waals surface area (Å²) in [5.41, 5.74) is -12.5. The number of halogens is 15. The lowest BCUT2D eigenvalue weighted by atomic mass is 9.50. The number of hydrogen-bond acceptors (Lipinski definition) is 3. The largest absolute Gasteiger partial charge is 0.458 e. The average Bonchev–Trinajstić information content (AvgIpc) is 3.16. The van der Waals surface area contributed by atoms with Gasteiger partial charge >= 0.3 is 36.9 Å². The van der Waals surface area contributed by atoms with E-state index in [-0.39, 0.29) is 37.0 Å². The lowest BCUT2D eigenvalue weighted by molar-refractivity contribution is -0.376. The molecular weight excluding hydrogens is 861 g/mol. The monoisotopic (exact) mass is 916 g/mol. The van der Waals surface area contributed by atoms with Crippen molar-refractivity contribution >= 4 is 5.97 Å². The maximum atomic E-state index is 13.3. The van der Waals surface area contributed by atoms with E-state index in [1.54, 1.807) is 6.92 Å². The summed E-state index contributed by atoms with van der Waals surface area (Å²) in [6.45, 7) is 11.8. The van der Waals surface area contributed by atoms with Gasteiger partial charge in [-0.05, 0) is 124 Å². The van der Waals surface area contributed by atoms with Gasteiger partial charge in [0, 0.05) is 5.56 Å². The van der Waals surface area contributed by atoms with Gasteiger partial charge in [-0.25, -0.2) is 0 Å². The Bertz CT molecular complexity index is 1630. The fourth-order valence-electron chi connectivity index (χ4n) is 8.70. The van der Waals surface area contributed by atoms with Gasteiger partial charge in [0.05, 0.1) is 0 Å². The Kier molecular flexibility index (Phi) is 15.7. The molecule has 62 heavy (non-hydrogen) atoms. The van der Waals surface area contributed by atoms with E-state index < -0.39 is 70.0 Å². The van der Waals surface area contributed by atoms with Crippen LogP contribution in [0.5, 0.6) is 0 Å². The topological polar surface area (TPSA) is 46.5 Å². The minimum atomic E-state index is -5.84. The molecule has 3 nitrogen and oxygen atoms in total. The summed E-state index contributed by atoms with van der Waals surface area (Å²) in [5, 5.41) is 9.19. The van der Waals surface area contributed by atoms with Crippen molar-refractivity contribution in [2.45, 2.75) is 166 Å². The van der Waals surface area contributed by atoms with Crippen LogP contribution in [0.1, 0.15) is 141 Å². The molecule has 0 spiro atoms. The molecule has 0 saturated heterocycles. The van der Waals surface area contributed by atoms with Crippen molar-refractivity contribution < 1.29 is 80.5 Å². The molecule has 354 valence electrons. The quantitative estimate of drug-likeness (QED) is 0.201. The number of benzene rings is 2. The number of ether oxygens (including phenoxy) is 1. The van der Waals surface area contributed by atoms with Crippen molar-refractivity contribution in [1.82, 2.24) is 0 Å². The molecule has 1 N–H and O–H groups in total. The first-order chi connectivity index (χ1) is 28.0. The van der Waals surface area contributed by atoms with Gasteiger partial charge in [-0.2, -0.15) is 65.9 Å².